The van der Waals surface area contributed by atoms with Gasteiger partial charge in [-0.3, -0.25) is 4.79 Å². The molecule has 1 amide bonds. The predicted molar refractivity (Wildman–Crippen MR) is 71.6 cm³/mol. The predicted octanol–water partition coefficient (Wildman–Crippen LogP) is 1.34. The smallest absolute Gasteiger partial charge is 0.220 e. The van der Waals surface area contributed by atoms with E-state index >= 15 is 0 Å². The van der Waals surface area contributed by atoms with Gasteiger partial charge in [-0.05, 0) is 38.8 Å². The molecule has 17 heavy (non-hydrogen) atoms. The molecule has 0 aliphatic carbocycles. The van der Waals surface area contributed by atoms with Gasteiger partial charge < -0.3 is 15.4 Å². The Hall–Kier alpha value is -0.320. The van der Waals surface area contributed by atoms with Gasteiger partial charge in [-0.2, -0.15) is 0 Å². The van der Waals surface area contributed by atoms with Crippen LogP contribution in [-0.2, 0) is 9.53 Å². The third-order valence-corrected chi connectivity index (χ3v) is 3.03. The van der Waals surface area contributed by atoms with Crippen molar-refractivity contribution in [2.75, 3.05) is 26.3 Å². The molecule has 2 atom stereocenters. The summed E-state index contributed by atoms with van der Waals surface area (Å²) in [6.07, 6.45) is 2.44. The van der Waals surface area contributed by atoms with Gasteiger partial charge in [0.2, 0.25) is 5.91 Å². The van der Waals surface area contributed by atoms with E-state index in [1.165, 1.54) is 0 Å². The first kappa shape index (κ1) is 16.7. The van der Waals surface area contributed by atoms with Gasteiger partial charge in [-0.25, -0.2) is 0 Å². The SMILES string of the molecule is CCOCCCC(=O)NC1CCNCC1C.Cl. The molecule has 0 spiro atoms. The summed E-state index contributed by atoms with van der Waals surface area (Å²) in [4.78, 5) is 11.6. The maximum absolute atomic E-state index is 11.6. The van der Waals surface area contributed by atoms with E-state index < -0.39 is 0 Å². The van der Waals surface area contributed by atoms with E-state index in [1.807, 2.05) is 6.92 Å². The summed E-state index contributed by atoms with van der Waals surface area (Å²) in [5.41, 5.74) is 0. The Balaban J connectivity index is 0.00000256. The van der Waals surface area contributed by atoms with Crippen molar-refractivity contribution in [1.29, 1.82) is 0 Å². The zero-order valence-electron chi connectivity index (χ0n) is 10.8. The van der Waals surface area contributed by atoms with Crippen molar-refractivity contribution < 1.29 is 9.53 Å². The topological polar surface area (TPSA) is 50.4 Å². The molecule has 5 heteroatoms. The summed E-state index contributed by atoms with van der Waals surface area (Å²) in [5, 5.41) is 6.44. The van der Waals surface area contributed by atoms with E-state index in [0.717, 1.165) is 32.5 Å². The number of carbonyl (C=O) groups is 1. The molecule has 2 unspecified atom stereocenters. The highest BCUT2D eigenvalue weighted by Crippen LogP contribution is 2.10. The minimum absolute atomic E-state index is 0. The third kappa shape index (κ3) is 6.86. The average molecular weight is 265 g/mol. The molecular weight excluding hydrogens is 240 g/mol. The lowest BCUT2D eigenvalue weighted by Gasteiger charge is -2.30. The second kappa shape index (κ2) is 9.68. The van der Waals surface area contributed by atoms with Gasteiger partial charge in [0.25, 0.3) is 0 Å². The molecule has 0 saturated carbocycles. The van der Waals surface area contributed by atoms with Crippen molar-refractivity contribution in [2.24, 2.45) is 5.92 Å². The Morgan fingerprint density at radius 3 is 2.94 bits per heavy atom. The maximum atomic E-state index is 11.6. The van der Waals surface area contributed by atoms with Crippen LogP contribution in [0.4, 0.5) is 0 Å². The molecule has 1 fully saturated rings. The first-order valence-corrected chi connectivity index (χ1v) is 6.32. The van der Waals surface area contributed by atoms with E-state index in [2.05, 4.69) is 17.6 Å². The number of nitrogens with one attached hydrogen (secondary N) is 2. The number of hydrogen-bond acceptors (Lipinski definition) is 3. The number of piperidine rings is 1. The molecule has 0 aromatic rings. The van der Waals surface area contributed by atoms with Gasteiger partial charge in [-0.15, -0.1) is 12.4 Å². The van der Waals surface area contributed by atoms with Gasteiger partial charge >= 0.3 is 0 Å². The number of rotatable bonds is 6. The summed E-state index contributed by atoms with van der Waals surface area (Å²) in [5.74, 6) is 0.697. The largest absolute Gasteiger partial charge is 0.382 e. The molecule has 1 rings (SSSR count). The van der Waals surface area contributed by atoms with E-state index in [9.17, 15) is 4.79 Å². The highest BCUT2D eigenvalue weighted by molar-refractivity contribution is 5.85. The Bertz CT molecular complexity index is 215. The fourth-order valence-corrected chi connectivity index (χ4v) is 1.99. The Morgan fingerprint density at radius 1 is 1.53 bits per heavy atom. The molecular formula is C12H25ClN2O2. The van der Waals surface area contributed by atoms with Crippen LogP contribution in [0.15, 0.2) is 0 Å². The molecule has 4 nitrogen and oxygen atoms in total. The molecule has 0 bridgehead atoms. The van der Waals surface area contributed by atoms with Crippen LogP contribution < -0.4 is 10.6 Å². The highest BCUT2D eigenvalue weighted by Gasteiger charge is 2.22. The van der Waals surface area contributed by atoms with Crippen molar-refractivity contribution in [2.45, 2.75) is 39.2 Å². The van der Waals surface area contributed by atoms with E-state index in [1.54, 1.807) is 0 Å². The van der Waals surface area contributed by atoms with Crippen LogP contribution in [0.3, 0.4) is 0 Å². The standard InChI is InChI=1S/C12H24N2O2.ClH/c1-3-16-8-4-5-12(15)14-11-6-7-13-9-10(11)2;/h10-11,13H,3-9H2,1-2H3,(H,14,15);1H. The molecule has 1 aliphatic heterocycles. The van der Waals surface area contributed by atoms with E-state index in [-0.39, 0.29) is 18.3 Å². The molecule has 2 N–H and O–H groups in total. The van der Waals surface area contributed by atoms with Crippen molar-refractivity contribution >= 4 is 18.3 Å². The number of halogens is 1. The molecule has 0 aromatic carbocycles. The second-order valence-corrected chi connectivity index (χ2v) is 4.44. The Morgan fingerprint density at radius 2 is 2.29 bits per heavy atom. The average Bonchev–Trinajstić information content (AvgIpc) is 2.28. The van der Waals surface area contributed by atoms with Gasteiger partial charge in [0.15, 0.2) is 0 Å². The van der Waals surface area contributed by atoms with Crippen LogP contribution in [0.2, 0.25) is 0 Å². The van der Waals surface area contributed by atoms with Crippen LogP contribution in [0, 0.1) is 5.92 Å². The zero-order valence-corrected chi connectivity index (χ0v) is 11.6. The monoisotopic (exact) mass is 264 g/mol. The Kier molecular flexibility index (Phi) is 9.50. The minimum Gasteiger partial charge on any atom is -0.382 e. The van der Waals surface area contributed by atoms with Gasteiger partial charge in [-0.1, -0.05) is 6.92 Å². The normalized spacial score (nSPS) is 23.9. The third-order valence-electron chi connectivity index (χ3n) is 3.03. The molecule has 102 valence electrons. The van der Waals surface area contributed by atoms with Crippen molar-refractivity contribution in [3.05, 3.63) is 0 Å². The maximum Gasteiger partial charge on any atom is 0.220 e. The number of carbonyl (C=O) groups excluding carboxylic acids is 1. The van der Waals surface area contributed by atoms with Gasteiger partial charge in [0.1, 0.15) is 0 Å². The summed E-state index contributed by atoms with van der Waals surface area (Å²) >= 11 is 0. The highest BCUT2D eigenvalue weighted by atomic mass is 35.5. The molecule has 1 saturated heterocycles. The van der Waals surface area contributed by atoms with Crippen molar-refractivity contribution in [1.82, 2.24) is 10.6 Å². The van der Waals surface area contributed by atoms with Gasteiger partial charge in [0, 0.05) is 25.7 Å². The summed E-state index contributed by atoms with van der Waals surface area (Å²) in [7, 11) is 0. The van der Waals surface area contributed by atoms with E-state index in [0.29, 0.717) is 25.0 Å². The number of ether oxygens (including phenoxy) is 1. The van der Waals surface area contributed by atoms with E-state index in [4.69, 9.17) is 4.74 Å². The number of hydrogen-bond donors (Lipinski definition) is 2. The fourth-order valence-electron chi connectivity index (χ4n) is 1.99. The first-order valence-electron chi connectivity index (χ1n) is 6.32. The van der Waals surface area contributed by atoms with Crippen LogP contribution >= 0.6 is 12.4 Å². The molecule has 1 aliphatic rings. The van der Waals surface area contributed by atoms with Crippen LogP contribution in [-0.4, -0.2) is 38.3 Å². The summed E-state index contributed by atoms with van der Waals surface area (Å²) < 4.78 is 5.21. The second-order valence-electron chi connectivity index (χ2n) is 4.44. The van der Waals surface area contributed by atoms with Crippen LogP contribution in [0.5, 0.6) is 0 Å². The molecule has 1 heterocycles. The van der Waals surface area contributed by atoms with Crippen LogP contribution in [0.25, 0.3) is 0 Å². The number of amides is 1. The quantitative estimate of drug-likeness (QED) is 0.712. The summed E-state index contributed by atoms with van der Waals surface area (Å²) in [6, 6.07) is 0.348. The zero-order chi connectivity index (χ0) is 11.8. The fraction of sp³-hybridized carbons (Fsp3) is 0.917. The van der Waals surface area contributed by atoms with Crippen molar-refractivity contribution in [3.63, 3.8) is 0 Å². The van der Waals surface area contributed by atoms with Crippen molar-refractivity contribution in [3.8, 4) is 0 Å². The lowest BCUT2D eigenvalue weighted by molar-refractivity contribution is -0.122. The van der Waals surface area contributed by atoms with Crippen LogP contribution in [0.1, 0.15) is 33.1 Å². The first-order chi connectivity index (χ1) is 7.74. The lowest BCUT2D eigenvalue weighted by atomic mass is 9.95. The molecule has 0 aromatic heterocycles. The minimum atomic E-state index is 0. The summed E-state index contributed by atoms with van der Waals surface area (Å²) in [6.45, 7) is 7.57. The molecule has 0 radical (unpaired) electrons. The Labute approximate surface area is 110 Å². The van der Waals surface area contributed by atoms with Gasteiger partial charge in [0.05, 0.1) is 0 Å². The lowest BCUT2D eigenvalue weighted by Crippen LogP contribution is -2.48.